The molecule has 0 aromatic heterocycles. The number of halogens is 1. The molecule has 0 amide bonds. The first-order chi connectivity index (χ1) is 11.0. The summed E-state index contributed by atoms with van der Waals surface area (Å²) in [6.45, 7) is 1.29. The quantitative estimate of drug-likeness (QED) is 0.515. The molecule has 0 saturated heterocycles. The number of rotatable bonds is 0. The lowest BCUT2D eigenvalue weighted by Crippen LogP contribution is -2.23. The molecule has 0 fully saturated rings. The van der Waals surface area contributed by atoms with Crippen molar-refractivity contribution in [1.29, 1.82) is 0 Å². The Morgan fingerprint density at radius 1 is 0.792 bits per heavy atom. The molecule has 2 aromatic rings. The van der Waals surface area contributed by atoms with Crippen LogP contribution in [0.4, 0.5) is 0 Å². The summed E-state index contributed by atoms with van der Waals surface area (Å²) in [5, 5.41) is 39.4. The third-order valence-corrected chi connectivity index (χ3v) is 4.51. The summed E-state index contributed by atoms with van der Waals surface area (Å²) in [6, 6.07) is 6.59. The van der Waals surface area contributed by atoms with Crippen molar-refractivity contribution in [1.82, 2.24) is 4.90 Å². The summed E-state index contributed by atoms with van der Waals surface area (Å²) < 4.78 is 0. The fraction of sp³-hybridized carbons (Fsp3) is 0.333. The average molecular weight is 396 g/mol. The van der Waals surface area contributed by atoms with Gasteiger partial charge in [-0.3, -0.25) is 0 Å². The van der Waals surface area contributed by atoms with Crippen LogP contribution < -0.4 is 0 Å². The molecule has 4 N–H and O–H groups in total. The Hall–Kier alpha value is -1.92. The van der Waals surface area contributed by atoms with Crippen LogP contribution in [0.15, 0.2) is 24.3 Å². The number of hydrogen-bond acceptors (Lipinski definition) is 5. The van der Waals surface area contributed by atoms with E-state index in [4.69, 9.17) is 0 Å². The van der Waals surface area contributed by atoms with Crippen molar-refractivity contribution in [3.05, 3.63) is 46.5 Å². The normalized spacial score (nSPS) is 15.0. The van der Waals surface area contributed by atoms with E-state index in [0.29, 0.717) is 19.4 Å². The third-order valence-electron chi connectivity index (χ3n) is 4.51. The van der Waals surface area contributed by atoms with Crippen LogP contribution in [0.5, 0.6) is 23.0 Å². The summed E-state index contributed by atoms with van der Waals surface area (Å²) in [4.78, 5) is 2.07. The number of aryl methyl sites for hydroxylation is 2. The van der Waals surface area contributed by atoms with E-state index in [2.05, 4.69) is 4.90 Å². The molecule has 1 heterocycles. The minimum absolute atomic E-state index is 0. The first kappa shape index (κ1) is 18.4. The molecule has 2 aromatic carbocycles. The van der Waals surface area contributed by atoms with Crippen LogP contribution in [0.25, 0.3) is 0 Å². The molecule has 130 valence electrons. The van der Waals surface area contributed by atoms with Crippen LogP contribution in [0, 0.1) is 0 Å². The van der Waals surface area contributed by atoms with Gasteiger partial charge in [0.1, 0.15) is 0 Å². The lowest BCUT2D eigenvalue weighted by molar-refractivity contribution is 0.317. The van der Waals surface area contributed by atoms with Crippen molar-refractivity contribution < 1.29 is 20.4 Å². The first-order valence-electron chi connectivity index (χ1n) is 7.70. The van der Waals surface area contributed by atoms with Gasteiger partial charge in [-0.2, -0.15) is 0 Å². The topological polar surface area (TPSA) is 84.2 Å². The Labute approximate surface area is 151 Å². The van der Waals surface area contributed by atoms with Crippen molar-refractivity contribution in [2.75, 3.05) is 13.6 Å². The van der Waals surface area contributed by atoms with Crippen molar-refractivity contribution in [3.63, 3.8) is 0 Å². The van der Waals surface area contributed by atoms with Crippen LogP contribution in [0.2, 0.25) is 0 Å². The monoisotopic (exact) mass is 395 g/mol. The molecule has 0 aliphatic carbocycles. The predicted octanol–water partition coefficient (Wildman–Crippen LogP) is 2.86. The number of phenolic OH excluding ortho intramolecular Hbond substituents is 4. The van der Waals surface area contributed by atoms with Gasteiger partial charge in [-0.15, -0.1) is 17.0 Å². The highest BCUT2D eigenvalue weighted by Gasteiger charge is 2.18. The van der Waals surface area contributed by atoms with Gasteiger partial charge in [-0.05, 0) is 61.2 Å². The van der Waals surface area contributed by atoms with E-state index in [-0.39, 0.29) is 40.0 Å². The standard InChI is InChI=1S/C18H21NO4.BrH/c1-19-7-6-13-9-17(22)16(21)8-12(13)3-2-11-4-5-15(20)18(23)14(11)10-19;/h4-5,8-9,20-23H,2-3,6-7,10H2,1H3;1H. The van der Waals surface area contributed by atoms with E-state index in [9.17, 15) is 20.4 Å². The zero-order valence-electron chi connectivity index (χ0n) is 13.5. The van der Waals surface area contributed by atoms with Gasteiger partial charge >= 0.3 is 0 Å². The van der Waals surface area contributed by atoms with Gasteiger partial charge in [-0.1, -0.05) is 6.07 Å². The van der Waals surface area contributed by atoms with Crippen molar-refractivity contribution in [2.24, 2.45) is 0 Å². The number of fused-ring (bicyclic) bond motifs is 2. The Morgan fingerprint density at radius 2 is 1.38 bits per heavy atom. The molecule has 0 spiro atoms. The molecule has 5 nitrogen and oxygen atoms in total. The first-order valence-corrected chi connectivity index (χ1v) is 7.70. The number of likely N-dealkylation sites (N-methyl/N-ethyl adjacent to an activating group) is 1. The minimum atomic E-state index is -0.108. The number of hydrogen-bond donors (Lipinski definition) is 4. The predicted molar refractivity (Wildman–Crippen MR) is 97.3 cm³/mol. The number of phenols is 4. The maximum atomic E-state index is 10.2. The van der Waals surface area contributed by atoms with Gasteiger partial charge in [0.25, 0.3) is 0 Å². The molecule has 0 bridgehead atoms. The highest BCUT2D eigenvalue weighted by molar-refractivity contribution is 8.93. The van der Waals surface area contributed by atoms with Crippen LogP contribution >= 0.6 is 17.0 Å². The molecule has 24 heavy (non-hydrogen) atoms. The van der Waals surface area contributed by atoms with E-state index in [1.165, 1.54) is 6.07 Å². The largest absolute Gasteiger partial charge is 0.504 e. The summed E-state index contributed by atoms with van der Waals surface area (Å²) in [5.41, 5.74) is 3.75. The Morgan fingerprint density at radius 3 is 2.04 bits per heavy atom. The lowest BCUT2D eigenvalue weighted by Gasteiger charge is -2.23. The van der Waals surface area contributed by atoms with Gasteiger partial charge in [0, 0.05) is 18.7 Å². The van der Waals surface area contributed by atoms with Crippen LogP contribution in [-0.4, -0.2) is 38.9 Å². The van der Waals surface area contributed by atoms with Gasteiger partial charge in [0.15, 0.2) is 23.0 Å². The molecule has 1 aliphatic heterocycles. The highest BCUT2D eigenvalue weighted by atomic mass is 79.9. The van der Waals surface area contributed by atoms with Crippen molar-refractivity contribution >= 4 is 17.0 Å². The van der Waals surface area contributed by atoms with Crippen molar-refractivity contribution in [3.8, 4) is 23.0 Å². The lowest BCUT2D eigenvalue weighted by atomic mass is 9.93. The fourth-order valence-corrected chi connectivity index (χ4v) is 3.13. The SMILES string of the molecule is Br.CN1CCc2cc(O)c(O)cc2CCc2ccc(O)c(O)c2C1. The second-order valence-electron chi connectivity index (χ2n) is 6.17. The van der Waals surface area contributed by atoms with Gasteiger partial charge in [0.2, 0.25) is 0 Å². The summed E-state index contributed by atoms with van der Waals surface area (Å²) >= 11 is 0. The minimum Gasteiger partial charge on any atom is -0.504 e. The Balaban J connectivity index is 0.00000208. The zero-order chi connectivity index (χ0) is 16.6. The van der Waals surface area contributed by atoms with Gasteiger partial charge in [-0.25, -0.2) is 0 Å². The Bertz CT molecular complexity index is 748. The zero-order valence-corrected chi connectivity index (χ0v) is 15.2. The van der Waals surface area contributed by atoms with E-state index < -0.39 is 0 Å². The molecular weight excluding hydrogens is 374 g/mol. The molecule has 6 heteroatoms. The number of benzene rings is 2. The summed E-state index contributed by atoms with van der Waals surface area (Å²) in [6.07, 6.45) is 2.13. The van der Waals surface area contributed by atoms with Crippen LogP contribution in [0.3, 0.4) is 0 Å². The van der Waals surface area contributed by atoms with E-state index in [0.717, 1.165) is 35.2 Å². The third kappa shape index (κ3) is 3.60. The highest BCUT2D eigenvalue weighted by Crippen LogP contribution is 2.35. The average Bonchev–Trinajstić information content (AvgIpc) is 2.52. The van der Waals surface area contributed by atoms with E-state index in [1.807, 2.05) is 13.1 Å². The molecular formula is C18H22BrNO4. The maximum absolute atomic E-state index is 10.2. The number of aromatic hydroxyl groups is 4. The molecule has 3 rings (SSSR count). The summed E-state index contributed by atoms with van der Waals surface area (Å²) in [7, 11) is 1.95. The molecule has 0 atom stereocenters. The van der Waals surface area contributed by atoms with Crippen molar-refractivity contribution in [2.45, 2.75) is 25.8 Å². The second kappa shape index (κ2) is 7.32. The van der Waals surface area contributed by atoms with E-state index >= 15 is 0 Å². The van der Waals surface area contributed by atoms with E-state index in [1.54, 1.807) is 12.1 Å². The molecule has 0 radical (unpaired) electrons. The maximum Gasteiger partial charge on any atom is 0.162 e. The molecule has 0 unspecified atom stereocenters. The smallest absolute Gasteiger partial charge is 0.162 e. The Kier molecular flexibility index (Phi) is 5.62. The second-order valence-corrected chi connectivity index (χ2v) is 6.17. The number of nitrogens with zero attached hydrogens (tertiary/aromatic N) is 1. The molecule has 0 saturated carbocycles. The van der Waals surface area contributed by atoms with Gasteiger partial charge in [0.05, 0.1) is 0 Å². The molecule has 1 aliphatic rings. The van der Waals surface area contributed by atoms with Crippen LogP contribution in [0.1, 0.15) is 22.3 Å². The summed E-state index contributed by atoms with van der Waals surface area (Å²) in [5.74, 6) is -0.352. The fourth-order valence-electron chi connectivity index (χ4n) is 3.13. The van der Waals surface area contributed by atoms with Gasteiger partial charge < -0.3 is 25.3 Å². The van der Waals surface area contributed by atoms with Crippen LogP contribution in [-0.2, 0) is 25.8 Å².